The molecule has 3 nitrogen and oxygen atoms in total. The van der Waals surface area contributed by atoms with E-state index in [-0.39, 0.29) is 0 Å². The molecule has 0 aliphatic carbocycles. The van der Waals surface area contributed by atoms with Gasteiger partial charge in [0.25, 0.3) is 0 Å². The second kappa shape index (κ2) is 7.62. The van der Waals surface area contributed by atoms with Crippen LogP contribution in [-0.2, 0) is 12.3 Å². The third-order valence-electron chi connectivity index (χ3n) is 3.54. The molecular weight excluding hydrogens is 322 g/mol. The van der Waals surface area contributed by atoms with Crippen LogP contribution >= 0.6 is 23.1 Å². The lowest BCUT2D eigenvalue weighted by molar-refractivity contribution is 0.993. The maximum Gasteiger partial charge on any atom is 0.206 e. The van der Waals surface area contributed by atoms with Gasteiger partial charge in [-0.3, -0.25) is 0 Å². The van der Waals surface area contributed by atoms with Crippen LogP contribution in [0.15, 0.2) is 52.9 Å². The minimum Gasteiger partial charge on any atom is -0.356 e. The first-order chi connectivity index (χ1) is 11.2. The van der Waals surface area contributed by atoms with Crippen LogP contribution in [0.1, 0.15) is 22.3 Å². The normalized spacial score (nSPS) is 10.7. The van der Waals surface area contributed by atoms with Crippen molar-refractivity contribution in [1.29, 1.82) is 0 Å². The first kappa shape index (κ1) is 16.0. The highest BCUT2D eigenvalue weighted by atomic mass is 32.2. The zero-order valence-corrected chi connectivity index (χ0v) is 14.9. The lowest BCUT2D eigenvalue weighted by atomic mass is 10.1. The van der Waals surface area contributed by atoms with E-state index in [4.69, 9.17) is 0 Å². The molecular formula is C18H19N3S2. The van der Waals surface area contributed by atoms with Gasteiger partial charge in [0.2, 0.25) is 5.13 Å². The van der Waals surface area contributed by atoms with Crippen LogP contribution < -0.4 is 5.32 Å². The van der Waals surface area contributed by atoms with Crippen LogP contribution in [0.5, 0.6) is 0 Å². The van der Waals surface area contributed by atoms with Gasteiger partial charge in [-0.2, -0.15) is 0 Å². The average Bonchev–Trinajstić information content (AvgIpc) is 3.00. The Labute approximate surface area is 145 Å². The molecule has 2 aromatic carbocycles. The van der Waals surface area contributed by atoms with Gasteiger partial charge in [0.15, 0.2) is 4.34 Å². The highest BCUT2D eigenvalue weighted by molar-refractivity contribution is 8.00. The number of hydrogen-bond acceptors (Lipinski definition) is 5. The summed E-state index contributed by atoms with van der Waals surface area (Å²) in [6.45, 7) is 5.02. The Hall–Kier alpha value is -1.85. The Morgan fingerprint density at radius 1 is 1.04 bits per heavy atom. The molecule has 0 saturated carbocycles. The minimum absolute atomic E-state index is 0.782. The van der Waals surface area contributed by atoms with Crippen molar-refractivity contribution in [2.45, 2.75) is 30.5 Å². The molecule has 0 fully saturated rings. The van der Waals surface area contributed by atoms with E-state index in [1.807, 2.05) is 0 Å². The standard InChI is InChI=1S/C18H19N3S2/c1-13-6-5-8-15(10-13)12-22-18-21-20-17(23-18)19-11-16-9-4-3-7-14(16)2/h3-10H,11-12H2,1-2H3,(H,19,20). The number of thioether (sulfide) groups is 1. The molecule has 1 heterocycles. The largest absolute Gasteiger partial charge is 0.356 e. The molecule has 0 aliphatic heterocycles. The van der Waals surface area contributed by atoms with Crippen LogP contribution in [0.2, 0.25) is 0 Å². The Morgan fingerprint density at radius 3 is 2.74 bits per heavy atom. The zero-order valence-electron chi connectivity index (χ0n) is 13.2. The van der Waals surface area contributed by atoms with E-state index >= 15 is 0 Å². The van der Waals surface area contributed by atoms with Crippen LogP contribution in [0.3, 0.4) is 0 Å². The summed E-state index contributed by atoms with van der Waals surface area (Å²) in [5.41, 5.74) is 5.19. The molecule has 0 saturated heterocycles. The number of aryl methyl sites for hydroxylation is 2. The van der Waals surface area contributed by atoms with Gasteiger partial charge in [0.05, 0.1) is 0 Å². The van der Waals surface area contributed by atoms with Gasteiger partial charge in [-0.05, 0) is 30.5 Å². The summed E-state index contributed by atoms with van der Waals surface area (Å²) in [5, 5.41) is 12.7. The third-order valence-corrected chi connectivity index (χ3v) is 5.63. The number of aromatic nitrogens is 2. The molecule has 1 N–H and O–H groups in total. The van der Waals surface area contributed by atoms with Crippen molar-refractivity contribution in [1.82, 2.24) is 10.2 Å². The van der Waals surface area contributed by atoms with E-state index in [0.29, 0.717) is 0 Å². The van der Waals surface area contributed by atoms with Crippen molar-refractivity contribution < 1.29 is 0 Å². The summed E-state index contributed by atoms with van der Waals surface area (Å²) < 4.78 is 0.999. The Bertz CT molecular complexity index is 783. The van der Waals surface area contributed by atoms with Crippen molar-refractivity contribution in [3.63, 3.8) is 0 Å². The molecule has 118 valence electrons. The molecule has 0 radical (unpaired) electrons. The first-order valence-corrected chi connectivity index (χ1v) is 9.31. The van der Waals surface area contributed by atoms with Crippen molar-refractivity contribution in [3.8, 4) is 0 Å². The topological polar surface area (TPSA) is 37.8 Å². The molecule has 0 spiro atoms. The lowest BCUT2D eigenvalue weighted by Gasteiger charge is -2.05. The quantitative estimate of drug-likeness (QED) is 0.636. The number of benzene rings is 2. The van der Waals surface area contributed by atoms with E-state index < -0.39 is 0 Å². The monoisotopic (exact) mass is 341 g/mol. The average molecular weight is 342 g/mol. The molecule has 3 aromatic rings. The summed E-state index contributed by atoms with van der Waals surface area (Å²) in [4.78, 5) is 0. The Morgan fingerprint density at radius 2 is 1.91 bits per heavy atom. The Kier molecular flexibility index (Phi) is 5.31. The minimum atomic E-state index is 0.782. The summed E-state index contributed by atoms with van der Waals surface area (Å²) in [7, 11) is 0. The number of rotatable bonds is 6. The van der Waals surface area contributed by atoms with E-state index in [1.54, 1.807) is 23.1 Å². The van der Waals surface area contributed by atoms with Crippen molar-refractivity contribution in [3.05, 3.63) is 70.8 Å². The lowest BCUT2D eigenvalue weighted by Crippen LogP contribution is -2.00. The summed E-state index contributed by atoms with van der Waals surface area (Å²) in [5.74, 6) is 0.925. The molecule has 1 aromatic heterocycles. The van der Waals surface area contributed by atoms with Crippen LogP contribution in [0, 0.1) is 13.8 Å². The fourth-order valence-electron chi connectivity index (χ4n) is 2.27. The van der Waals surface area contributed by atoms with Crippen molar-refractivity contribution in [2.24, 2.45) is 0 Å². The van der Waals surface area contributed by atoms with Crippen LogP contribution in [0.25, 0.3) is 0 Å². The number of hydrogen-bond donors (Lipinski definition) is 1. The fraction of sp³-hybridized carbons (Fsp3) is 0.222. The van der Waals surface area contributed by atoms with E-state index in [1.165, 1.54) is 22.3 Å². The van der Waals surface area contributed by atoms with Gasteiger partial charge in [-0.25, -0.2) is 0 Å². The van der Waals surface area contributed by atoms with Gasteiger partial charge in [0.1, 0.15) is 0 Å². The third kappa shape index (κ3) is 4.56. The zero-order chi connectivity index (χ0) is 16.1. The molecule has 0 atom stereocenters. The van der Waals surface area contributed by atoms with Crippen molar-refractivity contribution in [2.75, 3.05) is 5.32 Å². The summed E-state index contributed by atoms with van der Waals surface area (Å²) in [6, 6.07) is 17.0. The SMILES string of the molecule is Cc1cccc(CSc2nnc(NCc3ccccc3C)s2)c1. The van der Waals surface area contributed by atoms with Crippen molar-refractivity contribution >= 4 is 28.2 Å². The Balaban J connectivity index is 1.55. The van der Waals surface area contributed by atoms with Gasteiger partial charge < -0.3 is 5.32 Å². The highest BCUT2D eigenvalue weighted by Gasteiger charge is 2.06. The molecule has 0 bridgehead atoms. The maximum absolute atomic E-state index is 4.26. The number of anilines is 1. The predicted octanol–water partition coefficient (Wildman–Crippen LogP) is 5.06. The molecule has 0 amide bonds. The number of nitrogens with zero attached hydrogens (tertiary/aromatic N) is 2. The summed E-state index contributed by atoms with van der Waals surface area (Å²) >= 11 is 3.34. The molecule has 3 rings (SSSR count). The van der Waals surface area contributed by atoms with Gasteiger partial charge in [-0.15, -0.1) is 10.2 Å². The predicted molar refractivity (Wildman–Crippen MR) is 99.2 cm³/mol. The van der Waals surface area contributed by atoms with Crippen LogP contribution in [0.4, 0.5) is 5.13 Å². The second-order valence-electron chi connectivity index (χ2n) is 5.43. The van der Waals surface area contributed by atoms with Crippen LogP contribution in [-0.4, -0.2) is 10.2 Å². The summed E-state index contributed by atoms with van der Waals surface area (Å²) in [6.07, 6.45) is 0. The molecule has 23 heavy (non-hydrogen) atoms. The van der Waals surface area contributed by atoms with Gasteiger partial charge >= 0.3 is 0 Å². The molecule has 0 unspecified atom stereocenters. The van der Waals surface area contributed by atoms with Gasteiger partial charge in [-0.1, -0.05) is 77.2 Å². The van der Waals surface area contributed by atoms with E-state index in [9.17, 15) is 0 Å². The first-order valence-electron chi connectivity index (χ1n) is 7.51. The smallest absolute Gasteiger partial charge is 0.206 e. The van der Waals surface area contributed by atoms with E-state index in [2.05, 4.69) is 77.9 Å². The molecule has 0 aliphatic rings. The van der Waals surface area contributed by atoms with E-state index in [0.717, 1.165) is 21.8 Å². The molecule has 5 heteroatoms. The second-order valence-corrected chi connectivity index (χ2v) is 7.63. The number of nitrogens with one attached hydrogen (secondary N) is 1. The fourth-order valence-corrected chi connectivity index (χ4v) is 3.96. The van der Waals surface area contributed by atoms with Gasteiger partial charge in [0, 0.05) is 12.3 Å². The maximum atomic E-state index is 4.26. The highest BCUT2D eigenvalue weighted by Crippen LogP contribution is 2.28.